The molecule has 5 aromatic rings. The molecule has 5 heterocycles. The number of fused-ring (bicyclic) bond motifs is 1. The minimum atomic E-state index is -0.221. The number of furan rings is 1. The Morgan fingerprint density at radius 3 is 2.84 bits per heavy atom. The van der Waals surface area contributed by atoms with Gasteiger partial charge < -0.3 is 9.73 Å². The van der Waals surface area contributed by atoms with E-state index in [1.807, 2.05) is 49.0 Å². The highest BCUT2D eigenvalue weighted by atomic mass is 32.1. The van der Waals surface area contributed by atoms with E-state index in [1.165, 1.54) is 11.3 Å². The van der Waals surface area contributed by atoms with E-state index in [1.54, 1.807) is 23.3 Å². The lowest BCUT2D eigenvalue weighted by atomic mass is 10.1. The number of pyridine rings is 1. The minimum absolute atomic E-state index is 0.0284. The van der Waals surface area contributed by atoms with Crippen LogP contribution in [0.3, 0.4) is 0 Å². The fraction of sp³-hybridized carbons (Fsp3) is 0.227. The Hall–Kier alpha value is -3.79. The summed E-state index contributed by atoms with van der Waals surface area (Å²) in [5.74, 6) is 0.517. The number of rotatable bonds is 6. The molecule has 1 amide bonds. The van der Waals surface area contributed by atoms with Crippen LogP contribution in [-0.4, -0.2) is 35.4 Å². The molecule has 0 spiro atoms. The molecule has 5 aromatic heterocycles. The van der Waals surface area contributed by atoms with Crippen molar-refractivity contribution in [3.63, 3.8) is 0 Å². The number of anilines is 1. The first kappa shape index (κ1) is 20.1. The quantitative estimate of drug-likeness (QED) is 0.417. The van der Waals surface area contributed by atoms with Gasteiger partial charge in [-0.3, -0.25) is 9.48 Å². The minimum Gasteiger partial charge on any atom is -0.464 e. The molecule has 0 aromatic carbocycles. The smallest absolute Gasteiger partial charge is 0.247 e. The highest BCUT2D eigenvalue weighted by Crippen LogP contribution is 2.30. The molecule has 162 valence electrons. The summed E-state index contributed by atoms with van der Waals surface area (Å²) in [6, 6.07) is 5.62. The van der Waals surface area contributed by atoms with Gasteiger partial charge in [0, 0.05) is 34.9 Å². The van der Waals surface area contributed by atoms with Gasteiger partial charge in [0.1, 0.15) is 12.3 Å². The fourth-order valence-electron chi connectivity index (χ4n) is 3.80. The number of aromatic nitrogens is 6. The molecule has 0 fully saturated rings. The molecular weight excluding hydrogens is 426 g/mol. The van der Waals surface area contributed by atoms with Crippen molar-refractivity contribution in [3.05, 3.63) is 53.6 Å². The number of nitrogens with one attached hydrogen (secondary N) is 1. The van der Waals surface area contributed by atoms with Gasteiger partial charge >= 0.3 is 0 Å². The Balaban J connectivity index is 1.37. The van der Waals surface area contributed by atoms with Gasteiger partial charge in [0.25, 0.3) is 0 Å². The zero-order chi connectivity index (χ0) is 22.2. The Morgan fingerprint density at radius 1 is 1.22 bits per heavy atom. The van der Waals surface area contributed by atoms with Crippen LogP contribution in [0.25, 0.3) is 33.6 Å². The normalized spacial score (nSPS) is 11.3. The van der Waals surface area contributed by atoms with Crippen LogP contribution >= 0.6 is 11.3 Å². The van der Waals surface area contributed by atoms with E-state index >= 15 is 0 Å². The predicted molar refractivity (Wildman–Crippen MR) is 122 cm³/mol. The van der Waals surface area contributed by atoms with Gasteiger partial charge in [-0.15, -0.1) is 11.3 Å². The van der Waals surface area contributed by atoms with Crippen LogP contribution in [0.2, 0.25) is 0 Å². The molecule has 5 rings (SSSR count). The Bertz CT molecular complexity index is 1410. The van der Waals surface area contributed by atoms with Crippen LogP contribution in [0.4, 0.5) is 5.13 Å². The lowest BCUT2D eigenvalue weighted by Gasteiger charge is -2.04. The van der Waals surface area contributed by atoms with E-state index in [0.29, 0.717) is 10.8 Å². The van der Waals surface area contributed by atoms with Crippen LogP contribution in [-0.2, 0) is 17.9 Å². The Morgan fingerprint density at radius 2 is 2.09 bits per heavy atom. The van der Waals surface area contributed by atoms with Gasteiger partial charge in [-0.2, -0.15) is 10.2 Å². The third-order valence-corrected chi connectivity index (χ3v) is 6.07. The lowest BCUT2D eigenvalue weighted by molar-refractivity contribution is -0.116. The van der Waals surface area contributed by atoms with E-state index in [9.17, 15) is 4.79 Å². The molecule has 1 N–H and O–H groups in total. The molecular formula is C22H21N7O2S. The maximum Gasteiger partial charge on any atom is 0.247 e. The monoisotopic (exact) mass is 447 g/mol. The van der Waals surface area contributed by atoms with Crippen LogP contribution in [0.1, 0.15) is 18.3 Å². The van der Waals surface area contributed by atoms with E-state index in [2.05, 4.69) is 25.5 Å². The Labute approximate surface area is 187 Å². The third kappa shape index (κ3) is 3.48. The first-order valence-electron chi connectivity index (χ1n) is 10.2. The molecule has 0 saturated heterocycles. The number of aryl methyl sites for hydroxylation is 2. The van der Waals surface area contributed by atoms with E-state index < -0.39 is 0 Å². The van der Waals surface area contributed by atoms with Gasteiger partial charge in [-0.05, 0) is 39.0 Å². The highest BCUT2D eigenvalue weighted by molar-refractivity contribution is 7.14. The number of hydrogen-bond acceptors (Lipinski definition) is 7. The van der Waals surface area contributed by atoms with E-state index in [4.69, 9.17) is 4.42 Å². The molecule has 0 atom stereocenters. The predicted octanol–water partition coefficient (Wildman–Crippen LogP) is 4.29. The van der Waals surface area contributed by atoms with Crippen molar-refractivity contribution in [2.24, 2.45) is 0 Å². The number of carbonyl (C=O) groups excluding carboxylic acids is 1. The fourth-order valence-corrected chi connectivity index (χ4v) is 4.52. The number of carbonyl (C=O) groups is 1. The number of amides is 1. The van der Waals surface area contributed by atoms with Gasteiger partial charge in [-0.25, -0.2) is 14.6 Å². The molecule has 32 heavy (non-hydrogen) atoms. The van der Waals surface area contributed by atoms with Crippen molar-refractivity contribution in [2.75, 3.05) is 5.32 Å². The lowest BCUT2D eigenvalue weighted by Crippen LogP contribution is -2.19. The first-order chi connectivity index (χ1) is 15.5. The zero-order valence-corrected chi connectivity index (χ0v) is 18.7. The van der Waals surface area contributed by atoms with Gasteiger partial charge in [0.05, 0.1) is 29.2 Å². The second kappa shape index (κ2) is 8.04. The molecule has 9 nitrogen and oxygen atoms in total. The molecule has 0 saturated carbocycles. The van der Waals surface area contributed by atoms with Crippen LogP contribution in [0.15, 0.2) is 46.7 Å². The maximum atomic E-state index is 12.7. The SMILES string of the molecule is CCn1ncc(-c2csc(NC(=O)Cn3nc(C)c4c(-c5ccco5)ccnc43)n2)c1C. The van der Waals surface area contributed by atoms with Gasteiger partial charge in [0.2, 0.25) is 5.91 Å². The summed E-state index contributed by atoms with van der Waals surface area (Å²) in [4.78, 5) is 21.8. The van der Waals surface area contributed by atoms with Crippen LogP contribution in [0.5, 0.6) is 0 Å². The van der Waals surface area contributed by atoms with Crippen molar-refractivity contribution in [3.8, 4) is 22.6 Å². The molecule has 0 aliphatic carbocycles. The van der Waals surface area contributed by atoms with Crippen LogP contribution in [0, 0.1) is 13.8 Å². The summed E-state index contributed by atoms with van der Waals surface area (Å²) < 4.78 is 9.08. The average Bonchev–Trinajstić information content (AvgIpc) is 3.56. The highest BCUT2D eigenvalue weighted by Gasteiger charge is 2.18. The van der Waals surface area contributed by atoms with Crippen molar-refractivity contribution in [1.29, 1.82) is 0 Å². The van der Waals surface area contributed by atoms with Crippen molar-refractivity contribution in [2.45, 2.75) is 33.9 Å². The summed E-state index contributed by atoms with van der Waals surface area (Å²) in [5.41, 5.74) is 5.13. The molecule has 0 radical (unpaired) electrons. The summed E-state index contributed by atoms with van der Waals surface area (Å²) in [5, 5.41) is 15.1. The second-order valence-electron chi connectivity index (χ2n) is 7.32. The number of nitrogens with zero attached hydrogens (tertiary/aromatic N) is 6. The van der Waals surface area contributed by atoms with Crippen molar-refractivity contribution >= 4 is 33.4 Å². The maximum absolute atomic E-state index is 12.7. The molecule has 0 aliphatic rings. The molecule has 0 unspecified atom stereocenters. The van der Waals surface area contributed by atoms with Crippen molar-refractivity contribution < 1.29 is 9.21 Å². The van der Waals surface area contributed by atoms with Crippen molar-refractivity contribution in [1.82, 2.24) is 29.5 Å². The topological polar surface area (TPSA) is 104 Å². The molecule has 10 heteroatoms. The summed E-state index contributed by atoms with van der Waals surface area (Å²) in [7, 11) is 0. The summed E-state index contributed by atoms with van der Waals surface area (Å²) in [6.45, 7) is 6.78. The summed E-state index contributed by atoms with van der Waals surface area (Å²) in [6.07, 6.45) is 5.13. The number of thiazole rings is 1. The standard InChI is InChI=1S/C22H21N7O2S/c1-4-28-14(3)16(10-24-28)17-12-32-22(25-17)26-19(30)11-29-21-20(13(2)27-29)15(7-8-23-21)18-6-5-9-31-18/h5-10,12H,4,11H2,1-3H3,(H,25,26,30). The van der Waals surface area contributed by atoms with Crippen LogP contribution < -0.4 is 5.32 Å². The largest absolute Gasteiger partial charge is 0.464 e. The molecule has 0 bridgehead atoms. The average molecular weight is 448 g/mol. The first-order valence-corrected chi connectivity index (χ1v) is 11.1. The summed E-state index contributed by atoms with van der Waals surface area (Å²) >= 11 is 1.38. The Kier molecular flexibility index (Phi) is 5.06. The number of hydrogen-bond donors (Lipinski definition) is 1. The zero-order valence-electron chi connectivity index (χ0n) is 17.9. The van der Waals surface area contributed by atoms with E-state index in [0.717, 1.165) is 45.9 Å². The van der Waals surface area contributed by atoms with E-state index in [-0.39, 0.29) is 12.5 Å². The van der Waals surface area contributed by atoms with Gasteiger partial charge in [-0.1, -0.05) is 0 Å². The third-order valence-electron chi connectivity index (χ3n) is 5.32. The molecule has 0 aliphatic heterocycles. The second-order valence-corrected chi connectivity index (χ2v) is 8.18. The van der Waals surface area contributed by atoms with Gasteiger partial charge in [0.15, 0.2) is 10.8 Å².